The Morgan fingerprint density at radius 3 is 2.93 bits per heavy atom. The molecule has 4 heteroatoms. The van der Waals surface area contributed by atoms with Crippen molar-refractivity contribution in [3.05, 3.63) is 36.7 Å². The van der Waals surface area contributed by atoms with Crippen LogP contribution in [0, 0.1) is 0 Å². The van der Waals surface area contributed by atoms with Gasteiger partial charge in [0.15, 0.2) is 0 Å². The lowest BCUT2D eigenvalue weighted by Crippen LogP contribution is -1.94. The van der Waals surface area contributed by atoms with E-state index >= 15 is 0 Å². The summed E-state index contributed by atoms with van der Waals surface area (Å²) in [6.07, 6.45) is 3.49. The minimum atomic E-state index is 0.291. The Morgan fingerprint density at radius 1 is 1.07 bits per heavy atom. The molecule has 0 saturated carbocycles. The zero-order chi connectivity index (χ0) is 10.3. The molecule has 1 aromatic carbocycles. The van der Waals surface area contributed by atoms with Gasteiger partial charge in [0.1, 0.15) is 0 Å². The third-order valence-electron chi connectivity index (χ3n) is 2.35. The fourth-order valence-electron chi connectivity index (χ4n) is 1.66. The molecule has 3 aromatic rings. The van der Waals surface area contributed by atoms with E-state index in [9.17, 15) is 0 Å². The van der Waals surface area contributed by atoms with Gasteiger partial charge in [-0.05, 0) is 24.3 Å². The number of hydrogen-bond donors (Lipinski definition) is 1. The number of nitrogens with zero attached hydrogens (tertiary/aromatic N) is 3. The Labute approximate surface area is 85.8 Å². The van der Waals surface area contributed by atoms with E-state index in [0.29, 0.717) is 5.95 Å². The van der Waals surface area contributed by atoms with E-state index in [4.69, 9.17) is 5.73 Å². The number of rotatable bonds is 0. The van der Waals surface area contributed by atoms with E-state index in [2.05, 4.69) is 15.0 Å². The molecular weight excluding hydrogens is 188 g/mol. The molecule has 3 rings (SSSR count). The number of hydrogen-bond acceptors (Lipinski definition) is 4. The number of pyridine rings is 1. The topological polar surface area (TPSA) is 64.7 Å². The maximum absolute atomic E-state index is 5.57. The van der Waals surface area contributed by atoms with Crippen LogP contribution in [0.5, 0.6) is 0 Å². The van der Waals surface area contributed by atoms with E-state index in [1.165, 1.54) is 0 Å². The Bertz CT molecular complexity index is 648. The third-order valence-corrected chi connectivity index (χ3v) is 2.35. The lowest BCUT2D eigenvalue weighted by molar-refractivity contribution is 1.24. The average molecular weight is 196 g/mol. The van der Waals surface area contributed by atoms with Gasteiger partial charge in [0.25, 0.3) is 0 Å². The fraction of sp³-hybridized carbons (Fsp3) is 0. The average Bonchev–Trinajstić information content (AvgIpc) is 2.29. The maximum atomic E-state index is 5.57. The molecule has 2 heterocycles. The molecule has 0 unspecified atom stereocenters. The summed E-state index contributed by atoms with van der Waals surface area (Å²) in [5, 5.41) is 1.98. The Hall–Kier alpha value is -2.23. The van der Waals surface area contributed by atoms with Gasteiger partial charge in [-0.25, -0.2) is 9.97 Å². The molecule has 4 nitrogen and oxygen atoms in total. The van der Waals surface area contributed by atoms with E-state index < -0.39 is 0 Å². The molecule has 15 heavy (non-hydrogen) atoms. The Balaban J connectivity index is 2.57. The predicted molar refractivity (Wildman–Crippen MR) is 59.3 cm³/mol. The second-order valence-corrected chi connectivity index (χ2v) is 3.30. The van der Waals surface area contributed by atoms with Crippen molar-refractivity contribution in [2.75, 3.05) is 5.73 Å². The van der Waals surface area contributed by atoms with Gasteiger partial charge in [0.05, 0.1) is 11.0 Å². The summed E-state index contributed by atoms with van der Waals surface area (Å²) < 4.78 is 0. The molecule has 0 radical (unpaired) electrons. The van der Waals surface area contributed by atoms with Crippen LogP contribution < -0.4 is 5.73 Å². The number of nitrogen functional groups attached to an aromatic ring is 1. The van der Waals surface area contributed by atoms with Crippen LogP contribution in [0.25, 0.3) is 21.8 Å². The summed E-state index contributed by atoms with van der Waals surface area (Å²) in [5.41, 5.74) is 7.35. The van der Waals surface area contributed by atoms with Crippen LogP contribution in [0.4, 0.5) is 5.95 Å². The highest BCUT2D eigenvalue weighted by atomic mass is 15.0. The smallest absolute Gasteiger partial charge is 0.220 e. The molecule has 0 aliphatic rings. The van der Waals surface area contributed by atoms with Crippen LogP contribution in [0.15, 0.2) is 36.7 Å². The summed E-state index contributed by atoms with van der Waals surface area (Å²) >= 11 is 0. The molecule has 0 spiro atoms. The van der Waals surface area contributed by atoms with Gasteiger partial charge in [-0.1, -0.05) is 0 Å². The molecule has 2 N–H and O–H groups in total. The highest BCUT2D eigenvalue weighted by Crippen LogP contribution is 2.21. The van der Waals surface area contributed by atoms with Gasteiger partial charge < -0.3 is 5.73 Å². The molecular formula is C11H8N4. The summed E-state index contributed by atoms with van der Waals surface area (Å²) in [7, 11) is 0. The lowest BCUT2D eigenvalue weighted by atomic mass is 10.1. The lowest BCUT2D eigenvalue weighted by Gasteiger charge is -2.01. The van der Waals surface area contributed by atoms with Crippen LogP contribution in [0.2, 0.25) is 0 Å². The van der Waals surface area contributed by atoms with Crippen LogP contribution in [0.3, 0.4) is 0 Å². The molecule has 0 bridgehead atoms. The van der Waals surface area contributed by atoms with Crippen LogP contribution in [0.1, 0.15) is 0 Å². The summed E-state index contributed by atoms with van der Waals surface area (Å²) in [6, 6.07) is 7.78. The standard InChI is InChI=1S/C11H8N4/c12-11-14-6-7-3-4-9-8(10(7)15-11)2-1-5-13-9/h1-6H,(H2,12,14,15). The highest BCUT2D eigenvalue weighted by molar-refractivity contribution is 6.03. The van der Waals surface area contributed by atoms with Crippen molar-refractivity contribution in [1.29, 1.82) is 0 Å². The van der Waals surface area contributed by atoms with Gasteiger partial charge >= 0.3 is 0 Å². The number of nitrogens with two attached hydrogens (primary N) is 1. The normalized spacial score (nSPS) is 10.9. The SMILES string of the molecule is Nc1ncc2ccc3ncccc3c2n1. The van der Waals surface area contributed by atoms with Crippen LogP contribution in [-0.4, -0.2) is 15.0 Å². The number of aromatic nitrogens is 3. The summed E-state index contributed by atoms with van der Waals surface area (Å²) in [4.78, 5) is 12.5. The third kappa shape index (κ3) is 1.19. The molecule has 0 amide bonds. The van der Waals surface area contributed by atoms with E-state index in [1.807, 2.05) is 24.3 Å². The largest absolute Gasteiger partial charge is 0.368 e. The second kappa shape index (κ2) is 2.88. The van der Waals surface area contributed by atoms with Gasteiger partial charge in [-0.15, -0.1) is 0 Å². The predicted octanol–water partition coefficient (Wildman–Crippen LogP) is 1.76. The summed E-state index contributed by atoms with van der Waals surface area (Å²) in [6.45, 7) is 0. The van der Waals surface area contributed by atoms with Gasteiger partial charge in [0, 0.05) is 23.2 Å². The van der Waals surface area contributed by atoms with Crippen LogP contribution >= 0.6 is 0 Å². The van der Waals surface area contributed by atoms with Crippen molar-refractivity contribution in [2.45, 2.75) is 0 Å². The van der Waals surface area contributed by atoms with E-state index in [-0.39, 0.29) is 0 Å². The van der Waals surface area contributed by atoms with Gasteiger partial charge in [0.2, 0.25) is 5.95 Å². The van der Waals surface area contributed by atoms with Crippen molar-refractivity contribution in [3.63, 3.8) is 0 Å². The second-order valence-electron chi connectivity index (χ2n) is 3.30. The van der Waals surface area contributed by atoms with E-state index in [0.717, 1.165) is 21.8 Å². The number of fused-ring (bicyclic) bond motifs is 3. The highest BCUT2D eigenvalue weighted by Gasteiger charge is 2.02. The molecule has 0 aliphatic heterocycles. The summed E-state index contributed by atoms with van der Waals surface area (Å²) in [5.74, 6) is 0.291. The monoisotopic (exact) mass is 196 g/mol. The minimum Gasteiger partial charge on any atom is -0.368 e. The molecule has 0 saturated heterocycles. The molecule has 0 atom stereocenters. The van der Waals surface area contributed by atoms with Gasteiger partial charge in [-0.2, -0.15) is 0 Å². The van der Waals surface area contributed by atoms with E-state index in [1.54, 1.807) is 12.4 Å². The minimum absolute atomic E-state index is 0.291. The molecule has 0 fully saturated rings. The first-order chi connectivity index (χ1) is 7.34. The van der Waals surface area contributed by atoms with Crippen LogP contribution in [-0.2, 0) is 0 Å². The van der Waals surface area contributed by atoms with Crippen molar-refractivity contribution in [3.8, 4) is 0 Å². The fourth-order valence-corrected chi connectivity index (χ4v) is 1.66. The molecule has 0 aliphatic carbocycles. The zero-order valence-electron chi connectivity index (χ0n) is 7.88. The van der Waals surface area contributed by atoms with Crippen molar-refractivity contribution < 1.29 is 0 Å². The number of benzene rings is 1. The quantitative estimate of drug-likeness (QED) is 0.556. The van der Waals surface area contributed by atoms with Crippen molar-refractivity contribution in [2.24, 2.45) is 0 Å². The number of anilines is 1. The van der Waals surface area contributed by atoms with Gasteiger partial charge in [-0.3, -0.25) is 4.98 Å². The Kier molecular flexibility index (Phi) is 1.56. The first kappa shape index (κ1) is 8.11. The maximum Gasteiger partial charge on any atom is 0.220 e. The first-order valence-corrected chi connectivity index (χ1v) is 4.60. The molecule has 2 aromatic heterocycles. The first-order valence-electron chi connectivity index (χ1n) is 4.60. The zero-order valence-corrected chi connectivity index (χ0v) is 7.88. The Morgan fingerprint density at radius 2 is 2.00 bits per heavy atom. The van der Waals surface area contributed by atoms with Crippen molar-refractivity contribution in [1.82, 2.24) is 15.0 Å². The van der Waals surface area contributed by atoms with Crippen molar-refractivity contribution >= 4 is 27.8 Å². The molecule has 72 valence electrons.